The zero-order valence-corrected chi connectivity index (χ0v) is 13.2. The molecule has 1 N–H and O–H groups in total. The van der Waals surface area contributed by atoms with Gasteiger partial charge in [0.05, 0.1) is 13.4 Å². The third-order valence-electron chi connectivity index (χ3n) is 3.47. The van der Waals surface area contributed by atoms with Crippen LogP contribution >= 0.6 is 0 Å². The molecule has 0 bridgehead atoms. The van der Waals surface area contributed by atoms with Gasteiger partial charge < -0.3 is 10.1 Å². The monoisotopic (exact) mass is 326 g/mol. The van der Waals surface area contributed by atoms with E-state index in [9.17, 15) is 18.0 Å². The Morgan fingerprint density at radius 1 is 1.41 bits per heavy atom. The number of para-hydroxylation sites is 1. The van der Waals surface area contributed by atoms with Crippen LogP contribution in [0.5, 0.6) is 5.75 Å². The van der Waals surface area contributed by atoms with Crippen LogP contribution in [-0.2, 0) is 26.2 Å². The SMILES string of the molecule is COc1ccccc1CNC(=O)C1CCC(=O)N1S(C)(=O)=O. The molecule has 1 aliphatic rings. The highest BCUT2D eigenvalue weighted by Crippen LogP contribution is 2.22. The minimum absolute atomic E-state index is 0.0554. The topological polar surface area (TPSA) is 92.8 Å². The van der Waals surface area contributed by atoms with Crippen molar-refractivity contribution >= 4 is 21.8 Å². The highest BCUT2D eigenvalue weighted by Gasteiger charge is 2.41. The summed E-state index contributed by atoms with van der Waals surface area (Å²) in [5.74, 6) is -0.396. The van der Waals surface area contributed by atoms with Gasteiger partial charge in [0.1, 0.15) is 11.8 Å². The van der Waals surface area contributed by atoms with E-state index >= 15 is 0 Å². The summed E-state index contributed by atoms with van der Waals surface area (Å²) in [4.78, 5) is 23.9. The van der Waals surface area contributed by atoms with Gasteiger partial charge in [0.15, 0.2) is 0 Å². The van der Waals surface area contributed by atoms with Crippen LogP contribution in [0.25, 0.3) is 0 Å². The fourth-order valence-electron chi connectivity index (χ4n) is 2.46. The van der Waals surface area contributed by atoms with Gasteiger partial charge in [-0.2, -0.15) is 0 Å². The van der Waals surface area contributed by atoms with Crippen molar-refractivity contribution in [3.63, 3.8) is 0 Å². The van der Waals surface area contributed by atoms with Crippen molar-refractivity contribution in [3.8, 4) is 5.75 Å². The number of benzene rings is 1. The van der Waals surface area contributed by atoms with E-state index in [4.69, 9.17) is 4.74 Å². The quantitative estimate of drug-likeness (QED) is 0.838. The number of rotatable bonds is 5. The predicted molar refractivity (Wildman–Crippen MR) is 79.6 cm³/mol. The van der Waals surface area contributed by atoms with Gasteiger partial charge in [-0.1, -0.05) is 18.2 Å². The normalized spacial score (nSPS) is 18.4. The van der Waals surface area contributed by atoms with Gasteiger partial charge in [-0.3, -0.25) is 9.59 Å². The van der Waals surface area contributed by atoms with Crippen molar-refractivity contribution < 1.29 is 22.7 Å². The molecule has 0 saturated carbocycles. The number of methoxy groups -OCH3 is 1. The lowest BCUT2D eigenvalue weighted by Gasteiger charge is -2.21. The highest BCUT2D eigenvalue weighted by atomic mass is 32.2. The Hall–Kier alpha value is -2.09. The second kappa shape index (κ2) is 6.35. The van der Waals surface area contributed by atoms with Crippen LogP contribution in [0, 0.1) is 0 Å². The lowest BCUT2D eigenvalue weighted by molar-refractivity contribution is -0.130. The molecule has 1 aromatic rings. The summed E-state index contributed by atoms with van der Waals surface area (Å²) >= 11 is 0. The molecule has 8 heteroatoms. The van der Waals surface area contributed by atoms with E-state index in [0.717, 1.165) is 11.8 Å². The van der Waals surface area contributed by atoms with Crippen LogP contribution in [0.3, 0.4) is 0 Å². The average molecular weight is 326 g/mol. The lowest BCUT2D eigenvalue weighted by atomic mass is 10.2. The molecular formula is C14H18N2O5S. The molecule has 0 radical (unpaired) electrons. The molecule has 7 nitrogen and oxygen atoms in total. The zero-order valence-electron chi connectivity index (χ0n) is 12.4. The van der Waals surface area contributed by atoms with Crippen molar-refractivity contribution in [2.24, 2.45) is 0 Å². The van der Waals surface area contributed by atoms with Crippen molar-refractivity contribution in [2.75, 3.05) is 13.4 Å². The molecule has 1 aliphatic heterocycles. The third kappa shape index (κ3) is 3.38. The predicted octanol–water partition coefficient (Wildman–Crippen LogP) is 0.262. The van der Waals surface area contributed by atoms with Crippen LogP contribution in [0.15, 0.2) is 24.3 Å². The third-order valence-corrected chi connectivity index (χ3v) is 4.64. The van der Waals surface area contributed by atoms with Crippen LogP contribution in [0.2, 0.25) is 0 Å². The number of nitrogens with zero attached hydrogens (tertiary/aromatic N) is 1. The van der Waals surface area contributed by atoms with Gasteiger partial charge in [0.2, 0.25) is 21.8 Å². The van der Waals surface area contributed by atoms with Crippen molar-refractivity contribution in [1.29, 1.82) is 0 Å². The largest absolute Gasteiger partial charge is 0.496 e. The fourth-order valence-corrected chi connectivity index (χ4v) is 3.59. The number of amides is 2. The van der Waals surface area contributed by atoms with Crippen LogP contribution in [-0.4, -0.2) is 43.9 Å². The summed E-state index contributed by atoms with van der Waals surface area (Å²) in [6, 6.07) is 6.21. The van der Waals surface area contributed by atoms with E-state index in [-0.39, 0.29) is 19.4 Å². The van der Waals surface area contributed by atoms with E-state index in [1.54, 1.807) is 12.1 Å². The van der Waals surface area contributed by atoms with Crippen molar-refractivity contribution in [1.82, 2.24) is 9.62 Å². The Morgan fingerprint density at radius 2 is 2.09 bits per heavy atom. The first-order chi connectivity index (χ1) is 10.3. The molecule has 1 unspecified atom stereocenters. The maximum absolute atomic E-state index is 12.2. The minimum atomic E-state index is -3.74. The van der Waals surface area contributed by atoms with Gasteiger partial charge >= 0.3 is 0 Å². The Bertz CT molecular complexity index is 686. The van der Waals surface area contributed by atoms with Crippen LogP contribution in [0.1, 0.15) is 18.4 Å². The van der Waals surface area contributed by atoms with Crippen molar-refractivity contribution in [3.05, 3.63) is 29.8 Å². The summed E-state index contributed by atoms with van der Waals surface area (Å²) in [5, 5.41) is 2.66. The Morgan fingerprint density at radius 3 is 2.73 bits per heavy atom. The molecule has 2 amide bonds. The van der Waals surface area contributed by atoms with Gasteiger partial charge in [-0.05, 0) is 12.5 Å². The van der Waals surface area contributed by atoms with E-state index in [1.165, 1.54) is 7.11 Å². The van der Waals surface area contributed by atoms with Crippen LogP contribution in [0.4, 0.5) is 0 Å². The van der Waals surface area contributed by atoms with Gasteiger partial charge in [-0.15, -0.1) is 0 Å². The number of hydrogen-bond acceptors (Lipinski definition) is 5. The summed E-state index contributed by atoms with van der Waals surface area (Å²) < 4.78 is 29.1. The standard InChI is InChI=1S/C14H18N2O5S/c1-21-12-6-4-3-5-10(12)9-15-14(18)11-7-8-13(17)16(11)22(2,19)20/h3-6,11H,7-9H2,1-2H3,(H,15,18). The fraction of sp³-hybridized carbons (Fsp3) is 0.429. The molecule has 1 fully saturated rings. The van der Waals surface area contributed by atoms with E-state index in [2.05, 4.69) is 5.32 Å². The summed E-state index contributed by atoms with van der Waals surface area (Å²) in [6.45, 7) is 0.200. The molecular weight excluding hydrogens is 308 g/mol. The molecule has 1 heterocycles. The number of sulfonamides is 1. The second-order valence-electron chi connectivity index (χ2n) is 5.04. The summed E-state index contributed by atoms with van der Waals surface area (Å²) in [5.41, 5.74) is 0.772. The molecule has 120 valence electrons. The van der Waals surface area contributed by atoms with Crippen molar-refractivity contribution in [2.45, 2.75) is 25.4 Å². The number of carbonyl (C=O) groups excluding carboxylic acids is 2. The van der Waals surface area contributed by atoms with Crippen LogP contribution < -0.4 is 10.1 Å². The average Bonchev–Trinajstić information content (AvgIpc) is 2.87. The molecule has 22 heavy (non-hydrogen) atoms. The summed E-state index contributed by atoms with van der Waals surface area (Å²) in [6.07, 6.45) is 1.18. The summed E-state index contributed by atoms with van der Waals surface area (Å²) in [7, 11) is -2.21. The Kier molecular flexibility index (Phi) is 4.70. The van der Waals surface area contributed by atoms with Gasteiger partial charge in [-0.25, -0.2) is 12.7 Å². The molecule has 2 rings (SSSR count). The van der Waals surface area contributed by atoms with E-state index in [0.29, 0.717) is 10.1 Å². The smallest absolute Gasteiger partial charge is 0.244 e. The maximum atomic E-state index is 12.2. The molecule has 0 aliphatic carbocycles. The maximum Gasteiger partial charge on any atom is 0.244 e. The van der Waals surface area contributed by atoms with E-state index < -0.39 is 27.9 Å². The number of nitrogens with one attached hydrogen (secondary N) is 1. The molecule has 0 aromatic heterocycles. The number of carbonyl (C=O) groups is 2. The number of hydrogen-bond donors (Lipinski definition) is 1. The number of ether oxygens (including phenoxy) is 1. The first-order valence-electron chi connectivity index (χ1n) is 6.76. The minimum Gasteiger partial charge on any atom is -0.496 e. The van der Waals surface area contributed by atoms with E-state index in [1.807, 2.05) is 12.1 Å². The zero-order chi connectivity index (χ0) is 16.3. The Labute approximate surface area is 129 Å². The molecule has 1 saturated heterocycles. The van der Waals surface area contributed by atoms with Gasteiger partial charge in [0, 0.05) is 18.5 Å². The lowest BCUT2D eigenvalue weighted by Crippen LogP contribution is -2.46. The first-order valence-corrected chi connectivity index (χ1v) is 8.61. The molecule has 1 atom stereocenters. The van der Waals surface area contributed by atoms with Gasteiger partial charge in [0.25, 0.3) is 0 Å². The molecule has 1 aromatic carbocycles. The highest BCUT2D eigenvalue weighted by molar-refractivity contribution is 7.89. The second-order valence-corrected chi connectivity index (χ2v) is 6.90. The first kappa shape index (κ1) is 16.3. The Balaban J connectivity index is 2.08. The molecule has 0 spiro atoms.